The molecule has 0 amide bonds. The maximum absolute atomic E-state index is 11.8. The molecular weight excluding hydrogens is 322 g/mol. The molecule has 126 valence electrons. The van der Waals surface area contributed by atoms with Crippen LogP contribution >= 0.6 is 0 Å². The number of ether oxygens (including phenoxy) is 2. The molecule has 0 fully saturated rings. The maximum atomic E-state index is 11.8. The summed E-state index contributed by atoms with van der Waals surface area (Å²) in [5, 5.41) is 12.4. The van der Waals surface area contributed by atoms with Gasteiger partial charge in [-0.1, -0.05) is 0 Å². The third kappa shape index (κ3) is 2.78. The van der Waals surface area contributed by atoms with E-state index in [9.17, 15) is 14.9 Å². The summed E-state index contributed by atoms with van der Waals surface area (Å²) in [5.41, 5.74) is 0.905. The second-order valence-corrected chi connectivity index (χ2v) is 5.38. The van der Waals surface area contributed by atoms with E-state index in [4.69, 9.17) is 9.47 Å². The summed E-state index contributed by atoms with van der Waals surface area (Å²) < 4.78 is 11.1. The molecule has 0 aliphatic carbocycles. The van der Waals surface area contributed by atoms with Gasteiger partial charge in [-0.15, -0.1) is 0 Å². The Bertz CT molecular complexity index is 875. The van der Waals surface area contributed by atoms with Crippen LogP contribution in [0.15, 0.2) is 36.5 Å². The van der Waals surface area contributed by atoms with Crippen molar-refractivity contribution in [2.24, 2.45) is 0 Å². The molecule has 7 nitrogen and oxygen atoms in total. The quantitative estimate of drug-likeness (QED) is 0.504. The van der Waals surface area contributed by atoms with Crippen molar-refractivity contribution in [3.8, 4) is 11.9 Å². The molecule has 2 heterocycles. The maximum Gasteiger partial charge on any atom is 0.372 e. The number of aldehydes is 1. The van der Waals surface area contributed by atoms with Gasteiger partial charge in [0.15, 0.2) is 5.60 Å². The van der Waals surface area contributed by atoms with E-state index in [-0.39, 0.29) is 12.8 Å². The van der Waals surface area contributed by atoms with Crippen molar-refractivity contribution in [3.63, 3.8) is 0 Å². The van der Waals surface area contributed by atoms with E-state index in [2.05, 4.69) is 16.4 Å². The summed E-state index contributed by atoms with van der Waals surface area (Å²) in [4.78, 5) is 27.0. The van der Waals surface area contributed by atoms with E-state index >= 15 is 0 Å². The van der Waals surface area contributed by atoms with Crippen LogP contribution in [0.5, 0.6) is 5.88 Å². The van der Waals surface area contributed by atoms with Crippen LogP contribution in [0.4, 0.5) is 5.69 Å². The van der Waals surface area contributed by atoms with Gasteiger partial charge in [0.2, 0.25) is 12.2 Å². The first-order valence-electron chi connectivity index (χ1n) is 7.69. The molecule has 0 saturated carbocycles. The smallest absolute Gasteiger partial charge is 0.372 e. The molecule has 0 saturated heterocycles. The Hall–Kier alpha value is -3.40. The van der Waals surface area contributed by atoms with Gasteiger partial charge in [0.1, 0.15) is 0 Å². The number of nitriles is 1. The summed E-state index contributed by atoms with van der Waals surface area (Å²) >= 11 is 0. The molecule has 1 aliphatic heterocycles. The lowest BCUT2D eigenvalue weighted by atomic mass is 9.87. The first-order valence-corrected chi connectivity index (χ1v) is 7.69. The molecule has 0 radical (unpaired) electrons. The number of carbonyl (C=O) groups excluding carboxylic acids is 2. The second-order valence-electron chi connectivity index (χ2n) is 5.38. The van der Waals surface area contributed by atoms with Crippen molar-refractivity contribution in [2.45, 2.75) is 12.5 Å². The highest BCUT2D eigenvalue weighted by molar-refractivity contribution is 6.20. The number of benzene rings is 1. The van der Waals surface area contributed by atoms with E-state index in [0.717, 1.165) is 0 Å². The molecule has 1 atom stereocenters. The van der Waals surface area contributed by atoms with Crippen molar-refractivity contribution in [1.29, 1.82) is 5.26 Å². The van der Waals surface area contributed by atoms with Crippen LogP contribution in [-0.4, -0.2) is 30.4 Å². The summed E-state index contributed by atoms with van der Waals surface area (Å²) in [6.45, 7) is 2.39. The van der Waals surface area contributed by atoms with E-state index < -0.39 is 11.6 Å². The van der Waals surface area contributed by atoms with Crippen LogP contribution in [0.2, 0.25) is 0 Å². The Morgan fingerprint density at radius 2 is 2.28 bits per heavy atom. The number of hydrogen-bond donors (Lipinski definition) is 1. The number of esters is 1. The number of hydrogen-bond acceptors (Lipinski definition) is 7. The Labute approximate surface area is 144 Å². The molecule has 3 rings (SSSR count). The van der Waals surface area contributed by atoms with Gasteiger partial charge in [0.25, 0.3) is 0 Å². The fourth-order valence-electron chi connectivity index (χ4n) is 2.95. The zero-order valence-corrected chi connectivity index (χ0v) is 13.5. The second kappa shape index (κ2) is 6.61. The van der Waals surface area contributed by atoms with Crippen molar-refractivity contribution in [1.82, 2.24) is 4.98 Å². The zero-order valence-electron chi connectivity index (χ0n) is 13.5. The van der Waals surface area contributed by atoms with E-state index in [1.165, 1.54) is 0 Å². The Morgan fingerprint density at radius 3 is 3.00 bits per heavy atom. The number of aromatic nitrogens is 1. The average Bonchev–Trinajstić information content (AvgIpc) is 3.01. The Balaban J connectivity index is 2.24. The third-order valence-electron chi connectivity index (χ3n) is 3.97. The van der Waals surface area contributed by atoms with Crippen molar-refractivity contribution in [3.05, 3.63) is 53.2 Å². The van der Waals surface area contributed by atoms with Crippen molar-refractivity contribution >= 4 is 17.9 Å². The number of nitrogens with one attached hydrogen (secondary N) is 1. The van der Waals surface area contributed by atoms with Gasteiger partial charge in [-0.3, -0.25) is 4.79 Å². The number of pyridine rings is 1. The van der Waals surface area contributed by atoms with Gasteiger partial charge in [-0.25, -0.2) is 9.78 Å². The van der Waals surface area contributed by atoms with Crippen LogP contribution < -0.4 is 10.1 Å². The molecule has 0 spiro atoms. The van der Waals surface area contributed by atoms with Crippen LogP contribution in [-0.2, 0) is 19.9 Å². The first kappa shape index (κ1) is 16.5. The molecule has 1 aromatic carbocycles. The Kier molecular flexibility index (Phi) is 4.35. The predicted octanol–water partition coefficient (Wildman–Crippen LogP) is 1.76. The fraction of sp³-hybridized carbons (Fsp3) is 0.222. The molecule has 1 aromatic heterocycles. The van der Waals surface area contributed by atoms with Crippen molar-refractivity contribution in [2.75, 3.05) is 18.5 Å². The van der Waals surface area contributed by atoms with E-state index in [0.29, 0.717) is 34.9 Å². The molecular formula is C18H15N3O4. The van der Waals surface area contributed by atoms with Gasteiger partial charge in [-0.2, -0.15) is 5.26 Å². The van der Waals surface area contributed by atoms with Crippen LogP contribution in [0.1, 0.15) is 23.6 Å². The largest absolute Gasteiger partial charge is 0.478 e. The lowest BCUT2D eigenvalue weighted by molar-refractivity contribution is -0.158. The lowest BCUT2D eigenvalue weighted by Crippen LogP contribution is -2.37. The summed E-state index contributed by atoms with van der Waals surface area (Å²) in [7, 11) is 0. The average molecular weight is 337 g/mol. The standard InChI is InChI=1S/C18H15N3O4/c1-2-24-17-13(4-3-7-20-17)18(25-16(23)10-22)11-21-15-6-5-12(9-19)8-14(15)18/h3-8,10,21H,2,11H2,1H3. The van der Waals surface area contributed by atoms with E-state index in [1.54, 1.807) is 36.5 Å². The number of nitrogens with zero attached hydrogens (tertiary/aromatic N) is 2. The van der Waals surface area contributed by atoms with Crippen LogP contribution in [0, 0.1) is 11.3 Å². The predicted molar refractivity (Wildman–Crippen MR) is 88.0 cm³/mol. The molecule has 2 aromatic rings. The van der Waals surface area contributed by atoms with E-state index in [1.807, 2.05) is 6.92 Å². The highest BCUT2D eigenvalue weighted by Crippen LogP contribution is 2.45. The molecule has 0 bridgehead atoms. The summed E-state index contributed by atoms with van der Waals surface area (Å²) in [6, 6.07) is 10.5. The minimum Gasteiger partial charge on any atom is -0.478 e. The van der Waals surface area contributed by atoms with Crippen LogP contribution in [0.25, 0.3) is 0 Å². The van der Waals surface area contributed by atoms with Crippen molar-refractivity contribution < 1.29 is 19.1 Å². The van der Waals surface area contributed by atoms with Gasteiger partial charge >= 0.3 is 5.97 Å². The van der Waals surface area contributed by atoms with Crippen LogP contribution in [0.3, 0.4) is 0 Å². The monoisotopic (exact) mass is 337 g/mol. The first-order chi connectivity index (χ1) is 12.1. The zero-order chi connectivity index (χ0) is 17.9. The molecule has 1 aliphatic rings. The van der Waals surface area contributed by atoms with Gasteiger partial charge in [0.05, 0.1) is 30.3 Å². The summed E-state index contributed by atoms with van der Waals surface area (Å²) in [6.07, 6.45) is 1.68. The number of anilines is 1. The fourth-order valence-corrected chi connectivity index (χ4v) is 2.95. The minimum absolute atomic E-state index is 0.116. The van der Waals surface area contributed by atoms with Gasteiger partial charge in [0, 0.05) is 17.4 Å². The number of fused-ring (bicyclic) bond motifs is 1. The highest BCUT2D eigenvalue weighted by atomic mass is 16.6. The number of carbonyl (C=O) groups is 2. The SMILES string of the molecule is CCOc1ncccc1C1(OC(=O)C=O)CNc2ccc(C#N)cc21. The lowest BCUT2D eigenvalue weighted by Gasteiger charge is -2.30. The molecule has 1 unspecified atom stereocenters. The molecule has 1 N–H and O–H groups in total. The number of rotatable bonds is 5. The Morgan fingerprint density at radius 1 is 1.44 bits per heavy atom. The highest BCUT2D eigenvalue weighted by Gasteiger charge is 2.47. The minimum atomic E-state index is -1.31. The normalized spacial score (nSPS) is 17.8. The van der Waals surface area contributed by atoms with Gasteiger partial charge in [-0.05, 0) is 37.3 Å². The van der Waals surface area contributed by atoms with Gasteiger partial charge < -0.3 is 14.8 Å². The molecule has 7 heteroatoms. The third-order valence-corrected chi connectivity index (χ3v) is 3.97. The topological polar surface area (TPSA) is 101 Å². The summed E-state index contributed by atoms with van der Waals surface area (Å²) in [5.74, 6) is -0.705. The molecule has 25 heavy (non-hydrogen) atoms.